The van der Waals surface area contributed by atoms with Crippen molar-refractivity contribution in [2.24, 2.45) is 0 Å². The number of methoxy groups -OCH3 is 2. The number of fused-ring (bicyclic) bond motifs is 1. The first-order chi connectivity index (χ1) is 18.4. The summed E-state index contributed by atoms with van der Waals surface area (Å²) in [6, 6.07) is 15.9. The molecule has 5 rings (SSSR count). The zero-order valence-electron chi connectivity index (χ0n) is 22.5. The molecule has 1 saturated heterocycles. The van der Waals surface area contributed by atoms with Gasteiger partial charge in [0.15, 0.2) is 0 Å². The maximum Gasteiger partial charge on any atom is 0.254 e. The molecule has 0 N–H and O–H groups in total. The van der Waals surface area contributed by atoms with Crippen LogP contribution < -0.4 is 9.47 Å². The van der Waals surface area contributed by atoms with E-state index < -0.39 is 0 Å². The van der Waals surface area contributed by atoms with Crippen molar-refractivity contribution in [3.8, 4) is 11.5 Å². The molecule has 2 aliphatic rings. The lowest BCUT2D eigenvalue weighted by molar-refractivity contribution is -0.135. The highest BCUT2D eigenvalue weighted by Crippen LogP contribution is 2.38. The standard InChI is InChI=1S/C30H35N3O4S/c1-20-7-5-6-8-25(20)29-26-10-14-38-27(26)9-11-32(29)19-28(34)31-12-13-33(21(2)18-31)30(35)22-15-23(36-3)17-24(16-22)37-4/h5-8,10,14-17,21,29H,9,11-13,18-19H2,1-4H3/t21-,29+/m1/s1. The minimum atomic E-state index is -0.102. The molecular formula is C30H35N3O4S. The van der Waals surface area contributed by atoms with Gasteiger partial charge in [-0.15, -0.1) is 11.3 Å². The molecule has 7 nitrogen and oxygen atoms in total. The molecule has 2 aliphatic heterocycles. The largest absolute Gasteiger partial charge is 0.497 e. The lowest BCUT2D eigenvalue weighted by Crippen LogP contribution is -2.57. The van der Waals surface area contributed by atoms with Gasteiger partial charge in [0.2, 0.25) is 5.91 Å². The molecule has 8 heteroatoms. The van der Waals surface area contributed by atoms with E-state index in [9.17, 15) is 9.59 Å². The van der Waals surface area contributed by atoms with E-state index in [0.29, 0.717) is 43.2 Å². The summed E-state index contributed by atoms with van der Waals surface area (Å²) >= 11 is 1.81. The third kappa shape index (κ3) is 5.15. The highest BCUT2D eigenvalue weighted by molar-refractivity contribution is 7.10. The van der Waals surface area contributed by atoms with Crippen molar-refractivity contribution >= 4 is 23.2 Å². The molecule has 3 aromatic rings. The van der Waals surface area contributed by atoms with Crippen LogP contribution in [0.3, 0.4) is 0 Å². The Balaban J connectivity index is 1.28. The number of piperazine rings is 1. The van der Waals surface area contributed by atoms with E-state index in [1.54, 1.807) is 32.4 Å². The molecule has 38 heavy (non-hydrogen) atoms. The van der Waals surface area contributed by atoms with Crippen molar-refractivity contribution < 1.29 is 19.1 Å². The van der Waals surface area contributed by atoms with Crippen LogP contribution in [0.4, 0.5) is 0 Å². The fourth-order valence-corrected chi connectivity index (χ4v) is 6.56. The Morgan fingerprint density at radius 3 is 2.39 bits per heavy atom. The Morgan fingerprint density at radius 1 is 0.974 bits per heavy atom. The monoisotopic (exact) mass is 533 g/mol. The van der Waals surface area contributed by atoms with Gasteiger partial charge in [0.05, 0.1) is 26.8 Å². The Morgan fingerprint density at radius 2 is 1.71 bits per heavy atom. The molecule has 2 atom stereocenters. The minimum absolute atomic E-state index is 0.0811. The van der Waals surface area contributed by atoms with Gasteiger partial charge in [-0.2, -0.15) is 0 Å². The van der Waals surface area contributed by atoms with Gasteiger partial charge in [-0.05, 0) is 60.5 Å². The molecule has 0 unspecified atom stereocenters. The Hall–Kier alpha value is -3.36. The fourth-order valence-electron chi connectivity index (χ4n) is 5.65. The quantitative estimate of drug-likeness (QED) is 0.470. The maximum absolute atomic E-state index is 13.6. The number of ether oxygens (including phenoxy) is 2. The molecular weight excluding hydrogens is 498 g/mol. The van der Waals surface area contributed by atoms with Crippen LogP contribution in [0.1, 0.15) is 44.9 Å². The zero-order chi connectivity index (χ0) is 26.8. The Kier molecular flexibility index (Phi) is 7.72. The number of hydrogen-bond acceptors (Lipinski definition) is 6. The van der Waals surface area contributed by atoms with Crippen molar-refractivity contribution in [1.82, 2.24) is 14.7 Å². The second-order valence-corrected chi connectivity index (χ2v) is 11.1. The van der Waals surface area contributed by atoms with E-state index in [2.05, 4.69) is 47.5 Å². The summed E-state index contributed by atoms with van der Waals surface area (Å²) in [5.41, 5.74) is 4.34. The van der Waals surface area contributed by atoms with Crippen LogP contribution in [0.25, 0.3) is 0 Å². The lowest BCUT2D eigenvalue weighted by atomic mass is 9.90. The number of benzene rings is 2. The molecule has 200 valence electrons. The third-order valence-electron chi connectivity index (χ3n) is 7.73. The van der Waals surface area contributed by atoms with E-state index >= 15 is 0 Å². The van der Waals surface area contributed by atoms with E-state index in [4.69, 9.17) is 9.47 Å². The van der Waals surface area contributed by atoms with Crippen molar-refractivity contribution in [3.63, 3.8) is 0 Å². The van der Waals surface area contributed by atoms with Gasteiger partial charge in [0.25, 0.3) is 5.91 Å². The van der Waals surface area contributed by atoms with Crippen LogP contribution in [0.2, 0.25) is 0 Å². The predicted octanol–water partition coefficient (Wildman–Crippen LogP) is 4.39. The average Bonchev–Trinajstić information content (AvgIpc) is 3.41. The Labute approximate surface area is 228 Å². The normalized spacial score (nSPS) is 19.7. The summed E-state index contributed by atoms with van der Waals surface area (Å²) in [5, 5.41) is 2.16. The molecule has 2 amide bonds. The summed E-state index contributed by atoms with van der Waals surface area (Å²) in [6.45, 7) is 6.88. The number of carbonyl (C=O) groups excluding carboxylic acids is 2. The summed E-state index contributed by atoms with van der Waals surface area (Å²) < 4.78 is 10.7. The van der Waals surface area contributed by atoms with E-state index in [0.717, 1.165) is 13.0 Å². The fraction of sp³-hybridized carbons (Fsp3) is 0.400. The average molecular weight is 534 g/mol. The first-order valence-corrected chi connectivity index (χ1v) is 13.9. The van der Waals surface area contributed by atoms with Crippen LogP contribution in [-0.4, -0.2) is 79.5 Å². The van der Waals surface area contributed by atoms with Gasteiger partial charge in [-0.1, -0.05) is 24.3 Å². The van der Waals surface area contributed by atoms with Crippen LogP contribution >= 0.6 is 11.3 Å². The molecule has 1 aromatic heterocycles. The van der Waals surface area contributed by atoms with Crippen molar-refractivity contribution in [2.75, 3.05) is 46.9 Å². The molecule has 2 aromatic carbocycles. The highest BCUT2D eigenvalue weighted by Gasteiger charge is 2.35. The van der Waals surface area contributed by atoms with Gasteiger partial charge >= 0.3 is 0 Å². The molecule has 0 radical (unpaired) electrons. The van der Waals surface area contributed by atoms with Crippen molar-refractivity contribution in [2.45, 2.75) is 32.4 Å². The highest BCUT2D eigenvalue weighted by atomic mass is 32.1. The number of aryl methyl sites for hydroxylation is 1. The molecule has 1 fully saturated rings. The van der Waals surface area contributed by atoms with Gasteiger partial charge < -0.3 is 19.3 Å². The zero-order valence-corrected chi connectivity index (χ0v) is 23.3. The SMILES string of the molecule is COc1cc(OC)cc(C(=O)N2CCN(C(=O)CN3CCc4sccc4[C@@H]3c3ccccc3C)C[C@H]2C)c1. The van der Waals surface area contributed by atoms with Crippen molar-refractivity contribution in [1.29, 1.82) is 0 Å². The van der Waals surface area contributed by atoms with Crippen LogP contribution in [0, 0.1) is 6.92 Å². The van der Waals surface area contributed by atoms with Gasteiger partial charge in [-0.3, -0.25) is 14.5 Å². The lowest BCUT2D eigenvalue weighted by Gasteiger charge is -2.42. The Bertz CT molecular complexity index is 1300. The van der Waals surface area contributed by atoms with E-state index in [-0.39, 0.29) is 23.9 Å². The van der Waals surface area contributed by atoms with Gasteiger partial charge in [0, 0.05) is 48.7 Å². The van der Waals surface area contributed by atoms with E-state index in [1.807, 2.05) is 28.1 Å². The summed E-state index contributed by atoms with van der Waals surface area (Å²) in [7, 11) is 3.14. The second kappa shape index (κ2) is 11.2. The second-order valence-electron chi connectivity index (χ2n) is 10.1. The van der Waals surface area contributed by atoms with Crippen LogP contribution in [-0.2, 0) is 11.2 Å². The van der Waals surface area contributed by atoms with Crippen LogP contribution in [0.5, 0.6) is 11.5 Å². The number of amides is 2. The number of rotatable bonds is 6. The first-order valence-electron chi connectivity index (χ1n) is 13.1. The van der Waals surface area contributed by atoms with Crippen molar-refractivity contribution in [3.05, 3.63) is 81.0 Å². The molecule has 3 heterocycles. The molecule has 0 saturated carbocycles. The van der Waals surface area contributed by atoms with E-state index in [1.165, 1.54) is 21.6 Å². The number of hydrogen-bond donors (Lipinski definition) is 0. The maximum atomic E-state index is 13.6. The summed E-state index contributed by atoms with van der Waals surface area (Å²) in [5.74, 6) is 1.19. The minimum Gasteiger partial charge on any atom is -0.497 e. The van der Waals surface area contributed by atoms with Crippen LogP contribution in [0.15, 0.2) is 53.9 Å². The number of thiophene rings is 1. The molecule has 0 bridgehead atoms. The van der Waals surface area contributed by atoms with Gasteiger partial charge in [-0.25, -0.2) is 0 Å². The smallest absolute Gasteiger partial charge is 0.254 e. The summed E-state index contributed by atoms with van der Waals surface area (Å²) in [4.78, 5) is 34.4. The number of nitrogens with zero attached hydrogens (tertiary/aromatic N) is 3. The topological polar surface area (TPSA) is 62.3 Å². The molecule has 0 spiro atoms. The molecule has 0 aliphatic carbocycles. The first kappa shape index (κ1) is 26.3. The third-order valence-corrected chi connectivity index (χ3v) is 8.72. The predicted molar refractivity (Wildman–Crippen MR) is 149 cm³/mol. The van der Waals surface area contributed by atoms with Gasteiger partial charge in [0.1, 0.15) is 11.5 Å². The summed E-state index contributed by atoms with van der Waals surface area (Å²) in [6.07, 6.45) is 0.964. The number of carbonyl (C=O) groups is 2.